The third-order valence-corrected chi connectivity index (χ3v) is 4.43. The lowest BCUT2D eigenvalue weighted by molar-refractivity contribution is -0.128. The second-order valence-corrected chi connectivity index (χ2v) is 5.71. The van der Waals surface area contributed by atoms with Crippen LogP contribution in [0.2, 0.25) is 0 Å². The van der Waals surface area contributed by atoms with Crippen LogP contribution in [0.4, 0.5) is 0 Å². The summed E-state index contributed by atoms with van der Waals surface area (Å²) in [4.78, 5) is 13.7. The van der Waals surface area contributed by atoms with Crippen LogP contribution in [0.1, 0.15) is 51.9 Å². The number of likely N-dealkylation sites (tertiary alicyclic amines) is 1. The largest absolute Gasteiger partial charge is 0.344 e. The second kappa shape index (κ2) is 5.85. The van der Waals surface area contributed by atoms with Crippen LogP contribution >= 0.6 is 0 Å². The lowest BCUT2D eigenvalue weighted by Gasteiger charge is -2.24. The van der Waals surface area contributed by atoms with Crippen LogP contribution in [0.3, 0.4) is 0 Å². The van der Waals surface area contributed by atoms with Crippen LogP contribution in [0, 0.1) is 5.92 Å². The molecule has 0 radical (unpaired) electrons. The summed E-state index contributed by atoms with van der Waals surface area (Å²) in [6, 6.07) is 0.703. The maximum atomic E-state index is 11.9. The van der Waals surface area contributed by atoms with Gasteiger partial charge in [-0.25, -0.2) is 0 Å². The van der Waals surface area contributed by atoms with Crippen molar-refractivity contribution in [3.05, 3.63) is 0 Å². The number of hydrogen-bond donors (Lipinski definition) is 1. The van der Waals surface area contributed by atoms with Gasteiger partial charge in [0.15, 0.2) is 0 Å². The minimum Gasteiger partial charge on any atom is -0.344 e. The number of hydrogen-bond acceptors (Lipinski definition) is 2. The van der Waals surface area contributed by atoms with Gasteiger partial charge in [-0.1, -0.05) is 26.2 Å². The highest BCUT2D eigenvalue weighted by Crippen LogP contribution is 2.30. The zero-order chi connectivity index (χ0) is 12.3. The smallest absolute Gasteiger partial charge is 0.239 e. The van der Waals surface area contributed by atoms with Gasteiger partial charge < -0.3 is 10.2 Å². The zero-order valence-corrected chi connectivity index (χ0v) is 11.2. The van der Waals surface area contributed by atoms with Crippen molar-refractivity contribution in [2.45, 2.75) is 64.0 Å². The van der Waals surface area contributed by atoms with Crippen LogP contribution in [-0.4, -0.2) is 36.5 Å². The fraction of sp³-hybridized carbons (Fsp3) is 0.929. The molecule has 3 atom stereocenters. The van der Waals surface area contributed by atoms with Gasteiger partial charge in [-0.2, -0.15) is 0 Å². The monoisotopic (exact) mass is 238 g/mol. The molecule has 0 aromatic rings. The molecule has 0 spiro atoms. The Hall–Kier alpha value is -0.570. The van der Waals surface area contributed by atoms with Crippen LogP contribution in [0.5, 0.6) is 0 Å². The Bertz CT molecular complexity index is 267. The first kappa shape index (κ1) is 12.9. The maximum Gasteiger partial charge on any atom is 0.239 e. The molecule has 0 aromatic heterocycles. The van der Waals surface area contributed by atoms with E-state index in [2.05, 4.69) is 12.2 Å². The molecule has 17 heavy (non-hydrogen) atoms. The standard InChI is InChI=1S/C14H26N2O/c1-3-4-6-11-7-5-8-12(11)15-13-9-10-16(2)14(13)17/h11-13,15H,3-10H2,1-2H3/t11-,12-,13+/m1/s1. The molecule has 0 bridgehead atoms. The Balaban J connectivity index is 1.83. The van der Waals surface area contributed by atoms with Crippen molar-refractivity contribution in [3.8, 4) is 0 Å². The fourth-order valence-electron chi connectivity index (χ4n) is 3.30. The summed E-state index contributed by atoms with van der Waals surface area (Å²) >= 11 is 0. The Morgan fingerprint density at radius 2 is 2.18 bits per heavy atom. The number of amides is 1. The molecule has 1 aliphatic heterocycles. The van der Waals surface area contributed by atoms with Gasteiger partial charge in [-0.3, -0.25) is 4.79 Å². The summed E-state index contributed by atoms with van der Waals surface area (Å²) < 4.78 is 0. The van der Waals surface area contributed by atoms with Gasteiger partial charge >= 0.3 is 0 Å². The predicted octanol–water partition coefficient (Wildman–Crippen LogP) is 2.17. The molecule has 2 fully saturated rings. The highest BCUT2D eigenvalue weighted by Gasteiger charge is 2.34. The first-order valence-electron chi connectivity index (χ1n) is 7.23. The first-order chi connectivity index (χ1) is 8.22. The SMILES string of the molecule is CCCC[C@@H]1CCC[C@H]1N[C@H]1CCN(C)C1=O. The normalized spacial score (nSPS) is 33.6. The molecule has 98 valence electrons. The third kappa shape index (κ3) is 3.01. The van der Waals surface area contributed by atoms with E-state index in [1.54, 1.807) is 0 Å². The molecule has 1 heterocycles. The summed E-state index contributed by atoms with van der Waals surface area (Å²) in [5, 5.41) is 3.63. The van der Waals surface area contributed by atoms with E-state index >= 15 is 0 Å². The van der Waals surface area contributed by atoms with Gasteiger partial charge in [0.25, 0.3) is 0 Å². The number of rotatable bonds is 5. The van der Waals surface area contributed by atoms with Crippen molar-refractivity contribution in [1.82, 2.24) is 10.2 Å². The van der Waals surface area contributed by atoms with Gasteiger partial charge in [-0.05, 0) is 31.6 Å². The number of nitrogens with one attached hydrogen (secondary N) is 1. The minimum absolute atomic E-state index is 0.104. The minimum atomic E-state index is 0.104. The summed E-state index contributed by atoms with van der Waals surface area (Å²) in [5.41, 5.74) is 0. The van der Waals surface area contributed by atoms with Crippen LogP contribution in [0.15, 0.2) is 0 Å². The molecular weight excluding hydrogens is 212 g/mol. The average Bonchev–Trinajstić information content (AvgIpc) is 2.89. The zero-order valence-electron chi connectivity index (χ0n) is 11.2. The topological polar surface area (TPSA) is 32.3 Å². The van der Waals surface area contributed by atoms with E-state index in [9.17, 15) is 4.79 Å². The van der Waals surface area contributed by atoms with Crippen LogP contribution in [-0.2, 0) is 4.79 Å². The summed E-state index contributed by atoms with van der Waals surface area (Å²) in [7, 11) is 1.91. The number of unbranched alkanes of at least 4 members (excludes halogenated alkanes) is 1. The van der Waals surface area contributed by atoms with Crippen LogP contribution in [0.25, 0.3) is 0 Å². The predicted molar refractivity (Wildman–Crippen MR) is 69.8 cm³/mol. The molecule has 2 aliphatic rings. The highest BCUT2D eigenvalue weighted by atomic mass is 16.2. The van der Waals surface area contributed by atoms with Crippen molar-refractivity contribution in [2.75, 3.05) is 13.6 Å². The van der Waals surface area contributed by atoms with Crippen molar-refractivity contribution in [3.63, 3.8) is 0 Å². The van der Waals surface area contributed by atoms with Crippen LogP contribution < -0.4 is 5.32 Å². The summed E-state index contributed by atoms with van der Waals surface area (Å²) in [6.07, 6.45) is 8.91. The van der Waals surface area contributed by atoms with Gasteiger partial charge in [0.2, 0.25) is 5.91 Å². The fourth-order valence-corrected chi connectivity index (χ4v) is 3.30. The molecule has 0 aromatic carbocycles. The Morgan fingerprint density at radius 3 is 2.82 bits per heavy atom. The van der Waals surface area contributed by atoms with Gasteiger partial charge in [0, 0.05) is 19.6 Å². The van der Waals surface area contributed by atoms with E-state index in [-0.39, 0.29) is 6.04 Å². The van der Waals surface area contributed by atoms with Crippen molar-refractivity contribution in [2.24, 2.45) is 5.92 Å². The van der Waals surface area contributed by atoms with Crippen molar-refractivity contribution >= 4 is 5.91 Å². The first-order valence-corrected chi connectivity index (χ1v) is 7.23. The van der Waals surface area contributed by atoms with E-state index in [1.807, 2.05) is 11.9 Å². The van der Waals surface area contributed by atoms with E-state index in [0.29, 0.717) is 11.9 Å². The second-order valence-electron chi connectivity index (χ2n) is 5.71. The number of nitrogens with zero attached hydrogens (tertiary/aromatic N) is 1. The Kier molecular flexibility index (Phi) is 4.43. The molecule has 0 unspecified atom stereocenters. The summed E-state index contributed by atoms with van der Waals surface area (Å²) in [6.45, 7) is 3.18. The highest BCUT2D eigenvalue weighted by molar-refractivity contribution is 5.83. The molecule has 3 nitrogen and oxygen atoms in total. The molecular formula is C14H26N2O. The molecule has 1 amide bonds. The molecule has 1 saturated carbocycles. The third-order valence-electron chi connectivity index (χ3n) is 4.43. The van der Waals surface area contributed by atoms with Gasteiger partial charge in [0.05, 0.1) is 6.04 Å². The summed E-state index contributed by atoms with van der Waals surface area (Å²) in [5.74, 6) is 1.11. The number of carbonyl (C=O) groups excluding carboxylic acids is 1. The average molecular weight is 238 g/mol. The van der Waals surface area contributed by atoms with Crippen molar-refractivity contribution < 1.29 is 4.79 Å². The van der Waals surface area contributed by atoms with Gasteiger partial charge in [0.1, 0.15) is 0 Å². The Labute approximate surface area is 105 Å². The number of carbonyl (C=O) groups is 1. The van der Waals surface area contributed by atoms with E-state index < -0.39 is 0 Å². The number of likely N-dealkylation sites (N-methyl/N-ethyl adjacent to an activating group) is 1. The Morgan fingerprint density at radius 1 is 1.35 bits per heavy atom. The van der Waals surface area contributed by atoms with E-state index in [4.69, 9.17) is 0 Å². The molecule has 2 rings (SSSR count). The molecule has 3 heteroatoms. The van der Waals surface area contributed by atoms with E-state index in [1.165, 1.54) is 38.5 Å². The quantitative estimate of drug-likeness (QED) is 0.796. The lowest BCUT2D eigenvalue weighted by atomic mass is 9.96. The van der Waals surface area contributed by atoms with E-state index in [0.717, 1.165) is 18.9 Å². The van der Waals surface area contributed by atoms with Gasteiger partial charge in [-0.15, -0.1) is 0 Å². The molecule has 1 saturated heterocycles. The maximum absolute atomic E-state index is 11.9. The van der Waals surface area contributed by atoms with Crippen molar-refractivity contribution in [1.29, 1.82) is 0 Å². The molecule has 1 aliphatic carbocycles. The lowest BCUT2D eigenvalue weighted by Crippen LogP contribution is -2.44. The molecule has 1 N–H and O–H groups in total.